The predicted octanol–water partition coefficient (Wildman–Crippen LogP) is 2.43. The number of carbonyl (C=O) groups is 1. The summed E-state index contributed by atoms with van der Waals surface area (Å²) in [5, 5.41) is 0.936. The van der Waals surface area contributed by atoms with Crippen molar-refractivity contribution >= 4 is 5.91 Å². The van der Waals surface area contributed by atoms with E-state index in [0.29, 0.717) is 5.56 Å². The lowest BCUT2D eigenvalue weighted by molar-refractivity contribution is -0.189. The van der Waals surface area contributed by atoms with Crippen molar-refractivity contribution in [1.29, 1.82) is 0 Å². The zero-order valence-electron chi connectivity index (χ0n) is 10.6. The molecule has 1 aromatic carbocycles. The lowest BCUT2D eigenvalue weighted by Crippen LogP contribution is -2.50. The Hall–Kier alpha value is -1.63. The van der Waals surface area contributed by atoms with E-state index >= 15 is 0 Å². The smallest absolute Gasteiger partial charge is 0.288 e. The normalized spacial score (nSPS) is 18.1. The van der Waals surface area contributed by atoms with Crippen molar-refractivity contribution in [1.82, 2.24) is 10.4 Å². The van der Waals surface area contributed by atoms with Crippen LogP contribution in [0.25, 0.3) is 0 Å². The average molecular weight is 290 g/mol. The van der Waals surface area contributed by atoms with Gasteiger partial charge in [-0.1, -0.05) is 12.1 Å². The molecule has 0 radical (unpaired) electrons. The van der Waals surface area contributed by atoms with Gasteiger partial charge in [0, 0.05) is 13.0 Å². The highest BCUT2D eigenvalue weighted by Gasteiger charge is 2.45. The standard InChI is InChI=1S/C13H14F4N2O/c14-10-4-1-9(2-5-10)3-6-11(13(15,16)17)19-8-7-12(20)18-19/h1-2,4-5,11H,3,6-8H2,(H,18,20). The largest absolute Gasteiger partial charge is 0.405 e. The molecule has 0 aromatic heterocycles. The number of hydrogen-bond acceptors (Lipinski definition) is 2. The van der Waals surface area contributed by atoms with E-state index in [-0.39, 0.29) is 25.8 Å². The molecule has 7 heteroatoms. The molecule has 0 spiro atoms. The molecular formula is C13H14F4N2O. The maximum atomic E-state index is 13.0. The van der Waals surface area contributed by atoms with Crippen molar-refractivity contribution in [3.8, 4) is 0 Å². The summed E-state index contributed by atoms with van der Waals surface area (Å²) < 4.78 is 51.8. The minimum absolute atomic E-state index is 0.0480. The summed E-state index contributed by atoms with van der Waals surface area (Å²) in [6, 6.07) is 3.64. The molecule has 1 aliphatic rings. The quantitative estimate of drug-likeness (QED) is 0.864. The van der Waals surface area contributed by atoms with Crippen LogP contribution in [0.4, 0.5) is 17.6 Å². The van der Waals surface area contributed by atoms with Crippen LogP contribution in [-0.4, -0.2) is 29.7 Å². The number of nitrogens with zero attached hydrogens (tertiary/aromatic N) is 1. The molecule has 20 heavy (non-hydrogen) atoms. The Bertz CT molecular complexity index is 472. The summed E-state index contributed by atoms with van der Waals surface area (Å²) in [7, 11) is 0. The van der Waals surface area contributed by atoms with Gasteiger partial charge in [0.2, 0.25) is 5.91 Å². The number of halogens is 4. The van der Waals surface area contributed by atoms with E-state index in [9.17, 15) is 22.4 Å². The van der Waals surface area contributed by atoms with Gasteiger partial charge in [-0.15, -0.1) is 0 Å². The molecular weight excluding hydrogens is 276 g/mol. The number of rotatable bonds is 4. The topological polar surface area (TPSA) is 32.3 Å². The van der Waals surface area contributed by atoms with E-state index in [1.807, 2.05) is 0 Å². The molecule has 1 unspecified atom stereocenters. The lowest BCUT2D eigenvalue weighted by atomic mass is 10.0. The highest BCUT2D eigenvalue weighted by molar-refractivity contribution is 5.77. The summed E-state index contributed by atoms with van der Waals surface area (Å²) in [5.74, 6) is -0.825. The minimum Gasteiger partial charge on any atom is -0.288 e. The lowest BCUT2D eigenvalue weighted by Gasteiger charge is -2.28. The SMILES string of the molecule is O=C1CCN(C(CCc2ccc(F)cc2)C(F)(F)F)N1. The van der Waals surface area contributed by atoms with E-state index in [1.165, 1.54) is 24.3 Å². The molecule has 3 nitrogen and oxygen atoms in total. The molecule has 1 heterocycles. The minimum atomic E-state index is -4.42. The third kappa shape index (κ3) is 3.69. The van der Waals surface area contributed by atoms with Gasteiger partial charge in [0.1, 0.15) is 11.9 Å². The predicted molar refractivity (Wildman–Crippen MR) is 64.0 cm³/mol. The number of aryl methyl sites for hydroxylation is 1. The molecule has 0 aliphatic carbocycles. The average Bonchev–Trinajstić information content (AvgIpc) is 2.77. The molecule has 1 N–H and O–H groups in total. The van der Waals surface area contributed by atoms with Gasteiger partial charge < -0.3 is 0 Å². The fourth-order valence-corrected chi connectivity index (χ4v) is 2.18. The first-order chi connectivity index (χ1) is 9.36. The Morgan fingerprint density at radius 1 is 1.25 bits per heavy atom. The van der Waals surface area contributed by atoms with Gasteiger partial charge in [-0.2, -0.15) is 13.2 Å². The van der Waals surface area contributed by atoms with Gasteiger partial charge in [0.15, 0.2) is 0 Å². The third-order valence-corrected chi connectivity index (χ3v) is 3.22. The van der Waals surface area contributed by atoms with Crippen LogP contribution in [0.2, 0.25) is 0 Å². The summed E-state index contributed by atoms with van der Waals surface area (Å²) in [6.45, 7) is 0.0480. The zero-order chi connectivity index (χ0) is 14.8. The number of nitrogens with one attached hydrogen (secondary N) is 1. The number of benzene rings is 1. The van der Waals surface area contributed by atoms with Crippen molar-refractivity contribution < 1.29 is 22.4 Å². The Labute approximate surface area is 113 Å². The molecule has 0 bridgehead atoms. The fraction of sp³-hybridized carbons (Fsp3) is 0.462. The van der Waals surface area contributed by atoms with E-state index in [2.05, 4.69) is 5.43 Å². The van der Waals surface area contributed by atoms with Gasteiger partial charge in [0.25, 0.3) is 0 Å². The Morgan fingerprint density at radius 3 is 2.40 bits per heavy atom. The molecule has 0 saturated carbocycles. The van der Waals surface area contributed by atoms with Crippen molar-refractivity contribution in [3.63, 3.8) is 0 Å². The van der Waals surface area contributed by atoms with Crippen molar-refractivity contribution in [2.45, 2.75) is 31.5 Å². The number of hydrogen-bond donors (Lipinski definition) is 1. The number of hydrazine groups is 1. The molecule has 1 amide bonds. The summed E-state index contributed by atoms with van der Waals surface area (Å²) >= 11 is 0. The number of carbonyl (C=O) groups excluding carboxylic acids is 1. The number of alkyl halides is 3. The summed E-state index contributed by atoms with van der Waals surface area (Å²) in [4.78, 5) is 11.0. The van der Waals surface area contributed by atoms with E-state index in [1.54, 1.807) is 0 Å². The third-order valence-electron chi connectivity index (χ3n) is 3.22. The highest BCUT2D eigenvalue weighted by Crippen LogP contribution is 2.28. The monoisotopic (exact) mass is 290 g/mol. The van der Waals surface area contributed by atoms with Crippen LogP contribution in [0, 0.1) is 5.82 Å². The first kappa shape index (κ1) is 14.8. The maximum Gasteiger partial charge on any atom is 0.405 e. The molecule has 1 fully saturated rings. The zero-order valence-corrected chi connectivity index (χ0v) is 10.6. The Kier molecular flexibility index (Phi) is 4.27. The van der Waals surface area contributed by atoms with Gasteiger partial charge in [0.05, 0.1) is 0 Å². The molecule has 110 valence electrons. The highest BCUT2D eigenvalue weighted by atomic mass is 19.4. The van der Waals surface area contributed by atoms with Gasteiger partial charge in [-0.05, 0) is 30.5 Å². The molecule has 1 aromatic rings. The second kappa shape index (κ2) is 5.78. The van der Waals surface area contributed by atoms with Crippen LogP contribution < -0.4 is 5.43 Å². The maximum absolute atomic E-state index is 13.0. The van der Waals surface area contributed by atoms with Crippen LogP contribution in [0.15, 0.2) is 24.3 Å². The second-order valence-electron chi connectivity index (χ2n) is 4.70. The Balaban J connectivity index is 2.01. The van der Waals surface area contributed by atoms with Gasteiger partial charge in [-0.25, -0.2) is 9.40 Å². The Morgan fingerprint density at radius 2 is 1.90 bits per heavy atom. The molecule has 2 rings (SSSR count). The van der Waals surface area contributed by atoms with Crippen molar-refractivity contribution in [2.75, 3.05) is 6.54 Å². The van der Waals surface area contributed by atoms with Crippen molar-refractivity contribution in [3.05, 3.63) is 35.6 Å². The van der Waals surface area contributed by atoms with E-state index in [4.69, 9.17) is 0 Å². The summed E-state index contributed by atoms with van der Waals surface area (Å²) in [5.41, 5.74) is 2.85. The number of amides is 1. The molecule has 1 saturated heterocycles. The van der Waals surface area contributed by atoms with Crippen LogP contribution in [-0.2, 0) is 11.2 Å². The fourth-order valence-electron chi connectivity index (χ4n) is 2.18. The van der Waals surface area contributed by atoms with Crippen molar-refractivity contribution in [2.24, 2.45) is 0 Å². The molecule has 1 aliphatic heterocycles. The van der Waals surface area contributed by atoms with Crippen LogP contribution in [0.3, 0.4) is 0 Å². The molecule has 1 atom stereocenters. The summed E-state index contributed by atoms with van der Waals surface area (Å²) in [6.07, 6.45) is -4.37. The van der Waals surface area contributed by atoms with Gasteiger partial charge in [-0.3, -0.25) is 10.2 Å². The first-order valence-corrected chi connectivity index (χ1v) is 6.23. The van der Waals surface area contributed by atoms with Crippen LogP contribution in [0.1, 0.15) is 18.4 Å². The van der Waals surface area contributed by atoms with Gasteiger partial charge >= 0.3 is 6.18 Å². The van der Waals surface area contributed by atoms with Crippen LogP contribution in [0.5, 0.6) is 0 Å². The van der Waals surface area contributed by atoms with E-state index < -0.39 is 23.9 Å². The first-order valence-electron chi connectivity index (χ1n) is 6.23. The van der Waals surface area contributed by atoms with Crippen LogP contribution >= 0.6 is 0 Å². The van der Waals surface area contributed by atoms with E-state index in [0.717, 1.165) is 5.01 Å². The second-order valence-corrected chi connectivity index (χ2v) is 4.70.